The summed E-state index contributed by atoms with van der Waals surface area (Å²) in [6, 6.07) is 0. The van der Waals surface area contributed by atoms with Crippen LogP contribution in [-0.4, -0.2) is 73.8 Å². The molecule has 3 fully saturated rings. The minimum absolute atomic E-state index is 0.0206. The van der Waals surface area contributed by atoms with E-state index in [1.165, 1.54) is 10.9 Å². The van der Waals surface area contributed by atoms with Gasteiger partial charge >= 0.3 is 0 Å². The van der Waals surface area contributed by atoms with Gasteiger partial charge in [-0.1, -0.05) is 44.3 Å². The van der Waals surface area contributed by atoms with E-state index < -0.39 is 38.6 Å². The van der Waals surface area contributed by atoms with E-state index in [0.29, 0.717) is 5.92 Å². The Labute approximate surface area is 251 Å². The predicted octanol–water partition coefficient (Wildman–Crippen LogP) is 5.27. The van der Waals surface area contributed by atoms with Crippen molar-refractivity contribution in [3.05, 3.63) is 18.5 Å². The maximum absolute atomic E-state index is 11.7. The number of aliphatic hydroxyl groups is 1. The van der Waals surface area contributed by atoms with Crippen LogP contribution in [0.15, 0.2) is 18.5 Å². The van der Waals surface area contributed by atoms with Crippen LogP contribution in [0.2, 0.25) is 18.1 Å². The first-order chi connectivity index (χ1) is 18.9. The largest absolute Gasteiger partial charge is 0.492 e. The minimum Gasteiger partial charge on any atom is -0.492 e. The second kappa shape index (κ2) is 10.8. The average molecular weight is 644 g/mol. The fourth-order valence-corrected chi connectivity index (χ4v) is 14.0. The lowest BCUT2D eigenvalue weighted by atomic mass is 9.77. The zero-order valence-electron chi connectivity index (χ0n) is 24.7. The summed E-state index contributed by atoms with van der Waals surface area (Å²) in [7, 11) is -2.16. The summed E-state index contributed by atoms with van der Waals surface area (Å²) < 4.78 is 27.5. The summed E-state index contributed by atoms with van der Waals surface area (Å²) in [4.78, 5) is 12.2. The van der Waals surface area contributed by atoms with Crippen molar-refractivity contribution < 1.29 is 28.4 Å². The van der Waals surface area contributed by atoms with E-state index in [2.05, 4.69) is 69.2 Å². The number of imidazole rings is 1. The van der Waals surface area contributed by atoms with E-state index in [1.807, 2.05) is 0 Å². The van der Waals surface area contributed by atoms with Gasteiger partial charge in [-0.05, 0) is 69.0 Å². The van der Waals surface area contributed by atoms with E-state index in [0.717, 1.165) is 24.8 Å². The Hall–Kier alpha value is -1.09. The molecule has 0 spiro atoms. The lowest BCUT2D eigenvalue weighted by molar-refractivity contribution is -0.0485. The van der Waals surface area contributed by atoms with Crippen molar-refractivity contribution in [2.24, 2.45) is 5.92 Å². The third-order valence-electron chi connectivity index (χ3n) is 9.11. The number of rotatable bonds is 7. The minimum atomic E-state index is -2.86. The van der Waals surface area contributed by atoms with Gasteiger partial charge in [0.1, 0.15) is 18.3 Å². The van der Waals surface area contributed by atoms with Crippen LogP contribution >= 0.6 is 17.1 Å². The highest BCUT2D eigenvalue weighted by Crippen LogP contribution is 2.76. The number of aromatic nitrogens is 4. The number of nitrogens with zero attached hydrogens (tertiary/aromatic N) is 4. The van der Waals surface area contributed by atoms with Gasteiger partial charge in [0.05, 0.1) is 19.0 Å². The predicted molar refractivity (Wildman–Crippen MR) is 167 cm³/mol. The van der Waals surface area contributed by atoms with Crippen LogP contribution in [-0.2, 0) is 30.0 Å². The molecule has 11 nitrogen and oxygen atoms in total. The quantitative estimate of drug-likeness (QED) is 0.205. The van der Waals surface area contributed by atoms with Gasteiger partial charge in [0, 0.05) is 4.75 Å². The number of allylic oxidation sites excluding steroid dienone is 1. The highest BCUT2D eigenvalue weighted by molar-refractivity contribution is 8.68. The first-order valence-electron chi connectivity index (χ1n) is 13.9. The lowest BCUT2D eigenvalue weighted by Crippen LogP contribution is -2.45. The number of nitrogens with two attached hydrogens (primary N) is 1. The maximum atomic E-state index is 11.7. The molecule has 1 saturated carbocycles. The molecule has 2 aliphatic heterocycles. The summed E-state index contributed by atoms with van der Waals surface area (Å²) in [5.74, 6) is -0.0736. The molecular weight excluding hydrogens is 602 g/mol. The number of anilines is 1. The molecular formula is C26H42N5O6PS2Si. The molecule has 2 saturated heterocycles. The smallest absolute Gasteiger partial charge is 0.248 e. The zero-order chi connectivity index (χ0) is 30.1. The van der Waals surface area contributed by atoms with Gasteiger partial charge < -0.3 is 34.2 Å². The van der Waals surface area contributed by atoms with Gasteiger partial charge in [-0.25, -0.2) is 4.98 Å². The molecule has 0 amide bonds. The van der Waals surface area contributed by atoms with Crippen LogP contribution in [0.5, 0.6) is 5.88 Å². The molecule has 0 radical (unpaired) electrons. The van der Waals surface area contributed by atoms with E-state index in [4.69, 9.17) is 35.8 Å². The first-order valence-corrected chi connectivity index (χ1v) is 20.9. The molecule has 1 aliphatic carbocycles. The molecule has 0 unspecified atom stereocenters. The van der Waals surface area contributed by atoms with E-state index >= 15 is 0 Å². The topological polar surface area (TPSA) is 147 Å². The normalized spacial score (nSPS) is 36.1. The maximum Gasteiger partial charge on any atom is 0.248 e. The van der Waals surface area contributed by atoms with E-state index in [1.54, 1.807) is 11.4 Å². The second-order valence-electron chi connectivity index (χ2n) is 13.2. The van der Waals surface area contributed by atoms with Crippen LogP contribution in [0.25, 0.3) is 11.2 Å². The zero-order valence-corrected chi connectivity index (χ0v) is 28.3. The Kier molecular flexibility index (Phi) is 8.26. The van der Waals surface area contributed by atoms with E-state index in [-0.39, 0.29) is 45.5 Å². The summed E-state index contributed by atoms with van der Waals surface area (Å²) in [5, 5.41) is 21.9. The number of hydrogen-bond acceptors (Lipinski definition) is 12. The first kappa shape index (κ1) is 31.3. The Morgan fingerprint density at radius 1 is 1.39 bits per heavy atom. The molecule has 4 N–H and O–H groups in total. The van der Waals surface area contributed by atoms with Crippen molar-refractivity contribution >= 4 is 54.3 Å². The van der Waals surface area contributed by atoms with Gasteiger partial charge in [0.25, 0.3) is 0 Å². The molecule has 0 bridgehead atoms. The van der Waals surface area contributed by atoms with Crippen LogP contribution in [0.1, 0.15) is 60.1 Å². The van der Waals surface area contributed by atoms with Crippen molar-refractivity contribution in [3.8, 4) is 5.88 Å². The molecule has 2 aromatic heterocycles. The fourth-order valence-electron chi connectivity index (χ4n) is 5.41. The van der Waals surface area contributed by atoms with E-state index in [9.17, 15) is 10.2 Å². The molecule has 4 heterocycles. The fraction of sp³-hybridized carbons (Fsp3) is 0.731. The van der Waals surface area contributed by atoms with Crippen molar-refractivity contribution in [3.63, 3.8) is 0 Å². The van der Waals surface area contributed by atoms with Gasteiger partial charge in [0.2, 0.25) is 17.5 Å². The van der Waals surface area contributed by atoms with Crippen LogP contribution in [0, 0.1) is 5.92 Å². The summed E-state index contributed by atoms with van der Waals surface area (Å²) in [6.45, 7) is 19.5. The summed E-state index contributed by atoms with van der Waals surface area (Å²) >= 11 is 7.69. The molecule has 15 heteroatoms. The third-order valence-corrected chi connectivity index (χ3v) is 19.4. The van der Waals surface area contributed by atoms with Crippen molar-refractivity contribution in [2.45, 2.75) is 107 Å². The number of nitrogen functional groups attached to an aromatic ring is 1. The number of ether oxygens (including phenoxy) is 1. The van der Waals surface area contributed by atoms with Crippen molar-refractivity contribution in [2.75, 3.05) is 12.3 Å². The Balaban J connectivity index is 1.44. The van der Waals surface area contributed by atoms with Crippen LogP contribution < -0.4 is 5.73 Å². The number of hydrogen-bond donors (Lipinski definition) is 3. The molecule has 8 atom stereocenters. The number of aromatic hydroxyl groups is 1. The number of fused-ring (bicyclic) bond motifs is 2. The number of aliphatic hydroxyl groups excluding tert-OH is 1. The van der Waals surface area contributed by atoms with Crippen molar-refractivity contribution in [1.29, 1.82) is 0 Å². The van der Waals surface area contributed by atoms with Gasteiger partial charge in [-0.15, -0.1) is 0 Å². The molecule has 2 aromatic rings. The highest BCUT2D eigenvalue weighted by Gasteiger charge is 2.57. The van der Waals surface area contributed by atoms with Gasteiger partial charge in [0.15, 0.2) is 25.7 Å². The average Bonchev–Trinajstić information content (AvgIpc) is 3.47. The molecule has 5 rings (SSSR count). The summed E-state index contributed by atoms with van der Waals surface area (Å²) in [5.41, 5.74) is 4.49. The Morgan fingerprint density at radius 2 is 2.10 bits per heavy atom. The standard InChI is InChI=1S/C26H42N5O6PS2Si/c1-14(2)15-9-10-26(6)17(11-15)36-38(39,40-26)37-20-16(12-34-41(7,8)25(3,4)5)35-23(19(20)32)31-13-28-18-21(31)29-24(27)30-22(18)33/h13,15-17,19-20,23,32H,1,9-12H2,2-8H3,(H3,27,29,30,33)/t15-,16+,17+,19+,20+,23+,26+,38-/m0/s1. The molecule has 228 valence electrons. The Bertz CT molecular complexity index is 1390. The SMILES string of the molecule is C=C(C)[C@H]1CC[C@@]2(C)S[P@](=S)(O[C@H]3[C@@H](O)[C@H](n4cnc5c(O)nc(N)nc54)O[C@@H]3CO[Si](C)(C)C(C)(C)C)O[C@@H]2C1. The molecule has 0 aromatic carbocycles. The summed E-state index contributed by atoms with van der Waals surface area (Å²) in [6.07, 6.45) is 0.686. The van der Waals surface area contributed by atoms with Crippen molar-refractivity contribution in [1.82, 2.24) is 19.5 Å². The molecule has 3 aliphatic rings. The second-order valence-corrected chi connectivity index (χ2v) is 24.6. The molecule has 41 heavy (non-hydrogen) atoms. The van der Waals surface area contributed by atoms with Crippen LogP contribution in [0.4, 0.5) is 5.95 Å². The lowest BCUT2D eigenvalue weighted by Gasteiger charge is -2.37. The highest BCUT2D eigenvalue weighted by atomic mass is 32.9. The third kappa shape index (κ3) is 5.88. The van der Waals surface area contributed by atoms with Gasteiger partial charge in [-0.2, -0.15) is 9.97 Å². The van der Waals surface area contributed by atoms with Crippen LogP contribution in [0.3, 0.4) is 0 Å². The Morgan fingerprint density at radius 3 is 2.76 bits per heavy atom. The van der Waals surface area contributed by atoms with Gasteiger partial charge in [-0.3, -0.25) is 4.57 Å². The monoisotopic (exact) mass is 643 g/mol.